The van der Waals surface area contributed by atoms with Crippen LogP contribution < -0.4 is 14.2 Å². The number of unbranched alkanes of at least 4 members (excludes halogenated alkanes) is 2. The molecule has 0 bridgehead atoms. The number of hydrogen-bond acceptors (Lipinski definition) is 15. The Hall–Kier alpha value is -7.10. The van der Waals surface area contributed by atoms with E-state index in [-0.39, 0.29) is 69.8 Å². The van der Waals surface area contributed by atoms with Crippen molar-refractivity contribution < 1.29 is 75.8 Å². The van der Waals surface area contributed by atoms with E-state index in [2.05, 4.69) is 26.7 Å². The van der Waals surface area contributed by atoms with Crippen LogP contribution in [0.2, 0.25) is 0 Å². The molecule has 0 spiro atoms. The standard InChI is InChI=1S/C58H71FO15/c1-12-15-16-17-40-18-20-41(21-19-40)43-24-27-45(48(59)28-43)47-30-49(73-52(61)36(6)7)46(29-50(47)74-53(62)37(8)9)42-22-25-44(26-23-42)69-31-58(32-70-51(60)35(4)5,33-71-56(65)38(10)54(63)67-13-2)34-72-57(66)39(11)55(64)68-14-3/h22-30,38-41H,4,6,8,12-21,31-34H2,1-3,5,7,9-11H3. The highest BCUT2D eigenvalue weighted by Crippen LogP contribution is 2.44. The summed E-state index contributed by atoms with van der Waals surface area (Å²) in [6, 6.07) is 14.2. The molecule has 15 nitrogen and oxygen atoms in total. The van der Waals surface area contributed by atoms with Crippen LogP contribution in [0.3, 0.4) is 0 Å². The lowest BCUT2D eigenvalue weighted by Crippen LogP contribution is -2.45. The van der Waals surface area contributed by atoms with Gasteiger partial charge in [-0.05, 0) is 127 Å². The first-order chi connectivity index (χ1) is 35.1. The average molecular weight is 1030 g/mol. The van der Waals surface area contributed by atoms with Gasteiger partial charge in [0.15, 0.2) is 11.8 Å². The molecule has 0 saturated heterocycles. The minimum absolute atomic E-state index is 0.00275. The molecule has 0 radical (unpaired) electrons. The second kappa shape index (κ2) is 28.4. The van der Waals surface area contributed by atoms with Crippen molar-refractivity contribution in [1.82, 2.24) is 0 Å². The highest BCUT2D eigenvalue weighted by atomic mass is 19.1. The van der Waals surface area contributed by atoms with E-state index < -0.39 is 91.3 Å². The van der Waals surface area contributed by atoms with E-state index in [0.717, 1.165) is 31.2 Å². The Kier molecular flexibility index (Phi) is 22.8. The molecule has 3 aromatic rings. The third-order valence-electron chi connectivity index (χ3n) is 12.6. The zero-order valence-electron chi connectivity index (χ0n) is 44.0. The van der Waals surface area contributed by atoms with Crippen molar-refractivity contribution in [2.75, 3.05) is 39.6 Å². The number of benzene rings is 3. The highest BCUT2D eigenvalue weighted by Gasteiger charge is 2.40. The third kappa shape index (κ3) is 17.0. The van der Waals surface area contributed by atoms with E-state index in [0.29, 0.717) is 11.5 Å². The predicted molar refractivity (Wildman–Crippen MR) is 274 cm³/mol. The van der Waals surface area contributed by atoms with Crippen molar-refractivity contribution in [2.24, 2.45) is 23.2 Å². The minimum atomic E-state index is -1.67. The molecule has 1 saturated carbocycles. The van der Waals surface area contributed by atoms with Gasteiger partial charge >= 0.3 is 41.8 Å². The Morgan fingerprint density at radius 1 is 0.581 bits per heavy atom. The number of esters is 7. The summed E-state index contributed by atoms with van der Waals surface area (Å²) in [4.78, 5) is 90.2. The molecule has 3 aromatic carbocycles. The maximum atomic E-state index is 16.5. The van der Waals surface area contributed by atoms with Crippen LogP contribution in [0.1, 0.15) is 118 Å². The normalized spacial score (nSPS) is 15.7. The van der Waals surface area contributed by atoms with Crippen LogP contribution in [0.4, 0.5) is 4.39 Å². The SMILES string of the molecule is C=C(C)C(=O)OCC(COC(=O)C(C)C(=O)OCC)(COC(=O)C(C)C(=O)OCC)COc1ccc(-c2cc(OC(=O)C(=C)C)c(-c3ccc(C4CCC(CCCCC)CC4)cc3F)cc2OC(=O)C(=C)C)cc1. The average Bonchev–Trinajstić information content (AvgIpc) is 3.38. The molecule has 4 rings (SSSR count). The monoisotopic (exact) mass is 1030 g/mol. The molecule has 16 heteroatoms. The fourth-order valence-electron chi connectivity index (χ4n) is 7.99. The van der Waals surface area contributed by atoms with Gasteiger partial charge in [0.2, 0.25) is 0 Å². The van der Waals surface area contributed by atoms with Crippen molar-refractivity contribution in [3.63, 3.8) is 0 Å². The Morgan fingerprint density at radius 3 is 1.55 bits per heavy atom. The fourth-order valence-corrected chi connectivity index (χ4v) is 7.99. The number of ether oxygens (including phenoxy) is 8. The molecule has 2 atom stereocenters. The summed E-state index contributed by atoms with van der Waals surface area (Å²) in [7, 11) is 0. The minimum Gasteiger partial charge on any atom is -0.493 e. The molecule has 0 heterocycles. The lowest BCUT2D eigenvalue weighted by molar-refractivity contribution is -0.171. The van der Waals surface area contributed by atoms with Gasteiger partial charge in [-0.25, -0.2) is 18.8 Å². The van der Waals surface area contributed by atoms with Gasteiger partial charge in [-0.15, -0.1) is 0 Å². The Bertz CT molecular complexity index is 2490. The molecule has 74 heavy (non-hydrogen) atoms. The van der Waals surface area contributed by atoms with Gasteiger partial charge in [-0.2, -0.15) is 0 Å². The highest BCUT2D eigenvalue weighted by molar-refractivity contribution is 5.96. The maximum Gasteiger partial charge on any atom is 0.338 e. The molecular formula is C58H71FO15. The van der Waals surface area contributed by atoms with E-state index in [9.17, 15) is 33.6 Å². The first-order valence-electron chi connectivity index (χ1n) is 25.1. The maximum absolute atomic E-state index is 16.5. The zero-order valence-corrected chi connectivity index (χ0v) is 44.0. The summed E-state index contributed by atoms with van der Waals surface area (Å²) in [6.07, 6.45) is 8.94. The molecule has 2 unspecified atom stereocenters. The van der Waals surface area contributed by atoms with Gasteiger partial charge in [-0.3, -0.25) is 19.2 Å². The molecular weight excluding hydrogens is 956 g/mol. The third-order valence-corrected chi connectivity index (χ3v) is 12.6. The first kappa shape index (κ1) is 59.5. The first-order valence-corrected chi connectivity index (χ1v) is 25.1. The topological polar surface area (TPSA) is 193 Å². The van der Waals surface area contributed by atoms with E-state index in [4.69, 9.17) is 37.9 Å². The molecule has 1 fully saturated rings. The van der Waals surface area contributed by atoms with Crippen molar-refractivity contribution in [3.05, 3.63) is 102 Å². The number of hydrogen-bond donors (Lipinski definition) is 0. The van der Waals surface area contributed by atoms with Crippen LogP contribution in [0, 0.1) is 29.0 Å². The smallest absolute Gasteiger partial charge is 0.338 e. The van der Waals surface area contributed by atoms with Gasteiger partial charge in [0.1, 0.15) is 54.9 Å². The molecule has 400 valence electrons. The number of carbonyl (C=O) groups excluding carboxylic acids is 7. The molecule has 0 aromatic heterocycles. The van der Waals surface area contributed by atoms with Crippen molar-refractivity contribution in [1.29, 1.82) is 0 Å². The Balaban J connectivity index is 1.75. The summed E-state index contributed by atoms with van der Waals surface area (Å²) < 4.78 is 61.0. The molecule has 0 amide bonds. The Morgan fingerprint density at radius 2 is 1.07 bits per heavy atom. The van der Waals surface area contributed by atoms with Crippen LogP contribution in [-0.4, -0.2) is 81.4 Å². The number of rotatable bonds is 27. The largest absolute Gasteiger partial charge is 0.493 e. The molecule has 1 aliphatic rings. The summed E-state index contributed by atoms with van der Waals surface area (Å²) in [5, 5.41) is 0. The second-order valence-corrected chi connectivity index (χ2v) is 19.0. The van der Waals surface area contributed by atoms with Crippen molar-refractivity contribution in [2.45, 2.75) is 113 Å². The van der Waals surface area contributed by atoms with E-state index in [1.165, 1.54) is 90.6 Å². The molecule has 0 N–H and O–H groups in total. The van der Waals surface area contributed by atoms with Crippen LogP contribution >= 0.6 is 0 Å². The molecule has 0 aliphatic heterocycles. The van der Waals surface area contributed by atoms with E-state index in [1.807, 2.05) is 6.07 Å². The van der Waals surface area contributed by atoms with Crippen LogP contribution in [0.15, 0.2) is 91.1 Å². The fraction of sp³-hybridized carbons (Fsp3) is 0.466. The van der Waals surface area contributed by atoms with Gasteiger partial charge in [-0.1, -0.05) is 76.6 Å². The van der Waals surface area contributed by atoms with Crippen molar-refractivity contribution in [3.8, 4) is 39.5 Å². The van der Waals surface area contributed by atoms with Gasteiger partial charge in [0.05, 0.1) is 13.2 Å². The lowest BCUT2D eigenvalue weighted by Gasteiger charge is -2.32. The summed E-state index contributed by atoms with van der Waals surface area (Å²) >= 11 is 0. The second-order valence-electron chi connectivity index (χ2n) is 19.0. The Labute approximate surface area is 433 Å². The van der Waals surface area contributed by atoms with Gasteiger partial charge < -0.3 is 37.9 Å². The number of carbonyl (C=O) groups is 7. The van der Waals surface area contributed by atoms with Gasteiger partial charge in [0, 0.05) is 33.4 Å². The summed E-state index contributed by atoms with van der Waals surface area (Å²) in [5.41, 5.74) is 0.296. The zero-order chi connectivity index (χ0) is 54.7. The van der Waals surface area contributed by atoms with Crippen LogP contribution in [0.5, 0.6) is 17.2 Å². The van der Waals surface area contributed by atoms with Gasteiger partial charge in [0.25, 0.3) is 0 Å². The lowest BCUT2D eigenvalue weighted by atomic mass is 9.77. The van der Waals surface area contributed by atoms with Crippen molar-refractivity contribution >= 4 is 41.8 Å². The predicted octanol–water partition coefficient (Wildman–Crippen LogP) is 10.9. The van der Waals surface area contributed by atoms with E-state index in [1.54, 1.807) is 32.0 Å². The quantitative estimate of drug-likeness (QED) is 0.0175. The summed E-state index contributed by atoms with van der Waals surface area (Å²) in [6.45, 7) is 21.0. The molecule has 1 aliphatic carbocycles. The van der Waals surface area contributed by atoms with Crippen LogP contribution in [-0.2, 0) is 57.2 Å². The number of halogens is 1. The summed E-state index contributed by atoms with van der Waals surface area (Å²) in [5.74, 6) is -8.35. The van der Waals surface area contributed by atoms with Crippen LogP contribution in [0.25, 0.3) is 22.3 Å². The van der Waals surface area contributed by atoms with E-state index >= 15 is 4.39 Å².